The molecule has 0 aromatic heterocycles. The van der Waals surface area contributed by atoms with Crippen LogP contribution in [0.2, 0.25) is 0 Å². The average molecular weight is 203 g/mol. The van der Waals surface area contributed by atoms with E-state index in [-0.39, 0.29) is 0 Å². The number of hydrogen-bond donors (Lipinski definition) is 2. The Morgan fingerprint density at radius 1 is 1.50 bits per heavy atom. The average Bonchev–Trinajstić information content (AvgIpc) is 1.91. The van der Waals surface area contributed by atoms with Gasteiger partial charge in [0.15, 0.2) is 0 Å². The third-order valence-corrected chi connectivity index (χ3v) is 2.11. The normalized spacial score (nSPS) is 15.2. The van der Waals surface area contributed by atoms with Gasteiger partial charge in [-0.3, -0.25) is 9.27 Å². The van der Waals surface area contributed by atoms with E-state index in [4.69, 9.17) is 4.55 Å². The van der Waals surface area contributed by atoms with E-state index in [2.05, 4.69) is 15.9 Å². The van der Waals surface area contributed by atoms with Gasteiger partial charge in [0.1, 0.15) is 0 Å². The molecule has 0 aliphatic carbocycles. The van der Waals surface area contributed by atoms with Crippen LogP contribution in [0.15, 0.2) is 24.3 Å². The number of benzene rings is 1. The first-order valence-electron chi connectivity index (χ1n) is 3.30. The molecule has 2 N–H and O–H groups in total. The van der Waals surface area contributed by atoms with Gasteiger partial charge in [-0.05, 0) is 18.6 Å². The standard InChI is InChI=1S/C7H9NO2S2/c1-6-4-2-3-5-7(6)8-12(9,10)11/h2-5,8H,1H3,(H,9,10,11). The van der Waals surface area contributed by atoms with Gasteiger partial charge in [0, 0.05) is 11.2 Å². The molecule has 0 saturated carbocycles. The van der Waals surface area contributed by atoms with E-state index in [1.165, 1.54) is 0 Å². The maximum Gasteiger partial charge on any atom is 0.229 e. The highest BCUT2D eigenvalue weighted by Crippen LogP contribution is 2.13. The van der Waals surface area contributed by atoms with Gasteiger partial charge < -0.3 is 0 Å². The predicted molar refractivity (Wildman–Crippen MR) is 52.9 cm³/mol. The van der Waals surface area contributed by atoms with Gasteiger partial charge in [-0.1, -0.05) is 18.2 Å². The molecule has 0 aliphatic heterocycles. The van der Waals surface area contributed by atoms with Crippen molar-refractivity contribution in [2.75, 3.05) is 4.72 Å². The van der Waals surface area contributed by atoms with Crippen LogP contribution in [0.3, 0.4) is 0 Å². The minimum atomic E-state index is -3.32. The Bertz CT molecular complexity index is 373. The Kier molecular flexibility index (Phi) is 2.66. The fourth-order valence-corrected chi connectivity index (χ4v) is 1.60. The molecule has 3 nitrogen and oxygen atoms in total. The summed E-state index contributed by atoms with van der Waals surface area (Å²) in [6, 6.07) is 7.17. The summed E-state index contributed by atoms with van der Waals surface area (Å²) in [6.45, 7) is 1.84. The van der Waals surface area contributed by atoms with E-state index in [1.807, 2.05) is 19.1 Å². The largest absolute Gasteiger partial charge is 0.290 e. The van der Waals surface area contributed by atoms with E-state index in [0.717, 1.165) is 5.56 Å². The van der Waals surface area contributed by atoms with Gasteiger partial charge in [-0.2, -0.15) is 0 Å². The molecule has 1 aromatic rings. The van der Waals surface area contributed by atoms with Crippen LogP contribution < -0.4 is 4.72 Å². The lowest BCUT2D eigenvalue weighted by Gasteiger charge is -2.06. The van der Waals surface area contributed by atoms with Crippen molar-refractivity contribution >= 4 is 25.8 Å². The molecule has 0 heterocycles. The summed E-state index contributed by atoms with van der Waals surface area (Å²) in [4.78, 5) is 0. The zero-order valence-electron chi connectivity index (χ0n) is 6.48. The highest BCUT2D eigenvalue weighted by atomic mass is 32.8. The molecule has 5 heteroatoms. The second kappa shape index (κ2) is 3.38. The number of nitrogens with one attached hydrogen (secondary N) is 1. The number of anilines is 1. The molecule has 0 radical (unpaired) electrons. The molecule has 0 aliphatic rings. The topological polar surface area (TPSA) is 49.3 Å². The Labute approximate surface area is 76.4 Å². The molecule has 0 saturated heterocycles. The number of hydrogen-bond acceptors (Lipinski definition) is 2. The molecule has 1 unspecified atom stereocenters. The lowest BCUT2D eigenvalue weighted by Crippen LogP contribution is -2.09. The fraction of sp³-hybridized carbons (Fsp3) is 0.143. The summed E-state index contributed by atoms with van der Waals surface area (Å²) in [5.74, 6) is 0. The summed E-state index contributed by atoms with van der Waals surface area (Å²) in [6.07, 6.45) is 0. The van der Waals surface area contributed by atoms with Crippen LogP contribution in [-0.4, -0.2) is 8.76 Å². The Balaban J connectivity index is 2.98. The monoisotopic (exact) mass is 203 g/mol. The number of aryl methyl sites for hydroxylation is 1. The summed E-state index contributed by atoms with van der Waals surface area (Å²) in [5.41, 5.74) is 1.49. The number of para-hydroxylation sites is 1. The van der Waals surface area contributed by atoms with E-state index in [1.54, 1.807) is 12.1 Å². The van der Waals surface area contributed by atoms with E-state index in [9.17, 15) is 4.21 Å². The van der Waals surface area contributed by atoms with Crippen molar-refractivity contribution in [1.82, 2.24) is 0 Å². The first-order chi connectivity index (χ1) is 5.49. The maximum absolute atomic E-state index is 10.8. The second-order valence-corrected chi connectivity index (χ2v) is 4.90. The van der Waals surface area contributed by atoms with E-state index < -0.39 is 8.96 Å². The quantitative estimate of drug-likeness (QED) is 0.766. The summed E-state index contributed by atoms with van der Waals surface area (Å²) >= 11 is 4.30. The third kappa shape index (κ3) is 2.77. The highest BCUT2D eigenvalue weighted by molar-refractivity contribution is 8.30. The third-order valence-electron chi connectivity index (χ3n) is 1.38. The van der Waals surface area contributed by atoms with Gasteiger partial charge in [0.05, 0.1) is 5.69 Å². The van der Waals surface area contributed by atoms with Crippen molar-refractivity contribution in [2.45, 2.75) is 6.92 Å². The van der Waals surface area contributed by atoms with Crippen molar-refractivity contribution < 1.29 is 8.76 Å². The maximum atomic E-state index is 10.8. The van der Waals surface area contributed by atoms with E-state index >= 15 is 0 Å². The number of rotatable bonds is 2. The fourth-order valence-electron chi connectivity index (χ4n) is 0.826. The Morgan fingerprint density at radius 3 is 2.58 bits per heavy atom. The molecule has 12 heavy (non-hydrogen) atoms. The van der Waals surface area contributed by atoms with Crippen LogP contribution in [0.1, 0.15) is 5.56 Å². The summed E-state index contributed by atoms with van der Waals surface area (Å²) in [7, 11) is -3.32. The summed E-state index contributed by atoms with van der Waals surface area (Å²) in [5, 5.41) is 0. The summed E-state index contributed by atoms with van der Waals surface area (Å²) < 4.78 is 21.9. The van der Waals surface area contributed by atoms with E-state index in [0.29, 0.717) is 5.69 Å². The van der Waals surface area contributed by atoms with Gasteiger partial charge >= 0.3 is 0 Å². The Hall–Kier alpha value is -0.650. The van der Waals surface area contributed by atoms with Crippen molar-refractivity contribution in [1.29, 1.82) is 0 Å². The minimum Gasteiger partial charge on any atom is -0.290 e. The lowest BCUT2D eigenvalue weighted by molar-refractivity contribution is 0.567. The molecule has 1 rings (SSSR count). The van der Waals surface area contributed by atoms with Gasteiger partial charge in [-0.15, -0.1) is 0 Å². The molecule has 66 valence electrons. The smallest absolute Gasteiger partial charge is 0.229 e. The minimum absolute atomic E-state index is 0.597. The van der Waals surface area contributed by atoms with Crippen molar-refractivity contribution in [3.8, 4) is 0 Å². The lowest BCUT2D eigenvalue weighted by atomic mass is 10.2. The van der Waals surface area contributed by atoms with Crippen LogP contribution in [0, 0.1) is 6.92 Å². The van der Waals surface area contributed by atoms with Crippen LogP contribution in [0.25, 0.3) is 0 Å². The molecule has 0 fully saturated rings. The Morgan fingerprint density at radius 2 is 2.08 bits per heavy atom. The van der Waals surface area contributed by atoms with Gasteiger partial charge in [0.25, 0.3) is 0 Å². The predicted octanol–water partition coefficient (Wildman–Crippen LogP) is 1.54. The van der Waals surface area contributed by atoms with Crippen molar-refractivity contribution in [3.63, 3.8) is 0 Å². The highest BCUT2D eigenvalue weighted by Gasteiger charge is 2.01. The molecule has 0 spiro atoms. The van der Waals surface area contributed by atoms with Crippen LogP contribution in [0.5, 0.6) is 0 Å². The van der Waals surface area contributed by atoms with Crippen molar-refractivity contribution in [3.05, 3.63) is 29.8 Å². The van der Waals surface area contributed by atoms with Gasteiger partial charge in [-0.25, -0.2) is 4.21 Å². The van der Waals surface area contributed by atoms with Crippen molar-refractivity contribution in [2.24, 2.45) is 0 Å². The zero-order chi connectivity index (χ0) is 9.19. The molecular weight excluding hydrogens is 194 g/mol. The van der Waals surface area contributed by atoms with Gasteiger partial charge in [0.2, 0.25) is 8.96 Å². The van der Waals surface area contributed by atoms with Crippen LogP contribution in [0.4, 0.5) is 5.69 Å². The first kappa shape index (κ1) is 9.44. The zero-order valence-corrected chi connectivity index (χ0v) is 8.11. The second-order valence-electron chi connectivity index (χ2n) is 2.39. The van der Waals surface area contributed by atoms with Crippen LogP contribution >= 0.6 is 0 Å². The molecular formula is C7H9NO2S2. The first-order valence-corrected chi connectivity index (χ1v) is 5.74. The molecule has 1 atom stereocenters. The van der Waals surface area contributed by atoms with Crippen LogP contribution in [-0.2, 0) is 20.1 Å². The molecule has 1 aromatic carbocycles. The molecule has 0 bridgehead atoms. The SMILES string of the molecule is Cc1ccccc1NS(=O)(O)=S. The molecule has 0 amide bonds.